The van der Waals surface area contributed by atoms with Gasteiger partial charge in [0, 0.05) is 65.9 Å². The molecule has 0 spiro atoms. The molecule has 0 aliphatic carbocycles. The van der Waals surface area contributed by atoms with E-state index in [-0.39, 0.29) is 24.0 Å². The van der Waals surface area contributed by atoms with E-state index in [0.717, 1.165) is 64.6 Å². The number of piperidine rings is 1. The summed E-state index contributed by atoms with van der Waals surface area (Å²) < 4.78 is 13.1. The second kappa shape index (κ2) is 13.6. The van der Waals surface area contributed by atoms with Gasteiger partial charge in [-0.25, -0.2) is 4.98 Å². The summed E-state index contributed by atoms with van der Waals surface area (Å²) in [4.78, 5) is 10.9. The van der Waals surface area contributed by atoms with Crippen molar-refractivity contribution >= 4 is 29.9 Å². The Hall–Kier alpha value is -1.65. The van der Waals surface area contributed by atoms with E-state index in [4.69, 9.17) is 9.47 Å². The Balaban J connectivity index is 0.00000320. The zero-order chi connectivity index (χ0) is 20.3. The molecule has 8 heteroatoms. The first kappa shape index (κ1) is 24.6. The quantitative estimate of drug-likeness (QED) is 0.235. The average Bonchev–Trinajstić information content (AvgIpc) is 3.27. The highest BCUT2D eigenvalue weighted by Gasteiger charge is 2.21. The van der Waals surface area contributed by atoms with Gasteiger partial charge < -0.3 is 24.3 Å². The van der Waals surface area contributed by atoms with Crippen LogP contribution in [0.25, 0.3) is 0 Å². The number of hydrogen-bond acceptors (Lipinski definition) is 4. The maximum atomic E-state index is 5.95. The number of aliphatic imine (C=N–C) groups is 1. The van der Waals surface area contributed by atoms with Crippen molar-refractivity contribution in [3.05, 3.63) is 54.1 Å². The number of benzene rings is 1. The van der Waals surface area contributed by atoms with Gasteiger partial charge in [-0.05, 0) is 30.4 Å². The standard InChI is InChI=1S/C22H33N5O2.HI/c1-23-22(27-11-8-21(9-12-27)29-15-3-14-28-2)25-16-19-4-6-20(7-5-19)17-26-13-10-24-18-26;/h4-7,10,13,18,21H,3,8-9,11-12,14-17H2,1-2H3,(H,23,25);1H. The van der Waals surface area contributed by atoms with Crippen molar-refractivity contribution < 1.29 is 9.47 Å². The van der Waals surface area contributed by atoms with Crippen LogP contribution in [0.3, 0.4) is 0 Å². The van der Waals surface area contributed by atoms with Crippen LogP contribution >= 0.6 is 24.0 Å². The molecule has 1 aliphatic heterocycles. The van der Waals surface area contributed by atoms with Crippen molar-refractivity contribution in [2.24, 2.45) is 4.99 Å². The Morgan fingerprint density at radius 1 is 1.17 bits per heavy atom. The summed E-state index contributed by atoms with van der Waals surface area (Å²) >= 11 is 0. The lowest BCUT2D eigenvalue weighted by atomic mass is 10.1. The number of rotatable bonds is 9. The van der Waals surface area contributed by atoms with Gasteiger partial charge in [0.05, 0.1) is 12.4 Å². The number of halogens is 1. The molecule has 2 aromatic rings. The molecule has 0 bridgehead atoms. The van der Waals surface area contributed by atoms with Gasteiger partial charge in [0.15, 0.2) is 5.96 Å². The molecule has 0 unspecified atom stereocenters. The molecule has 0 radical (unpaired) electrons. The van der Waals surface area contributed by atoms with Crippen LogP contribution in [0.2, 0.25) is 0 Å². The van der Waals surface area contributed by atoms with Crippen LogP contribution in [0.5, 0.6) is 0 Å². The summed E-state index contributed by atoms with van der Waals surface area (Å²) in [6, 6.07) is 8.69. The molecule has 1 aliphatic rings. The molecular weight excluding hydrogens is 493 g/mol. The van der Waals surface area contributed by atoms with Crippen LogP contribution in [0, 0.1) is 0 Å². The van der Waals surface area contributed by atoms with Crippen LogP contribution < -0.4 is 5.32 Å². The smallest absolute Gasteiger partial charge is 0.193 e. The molecule has 1 aromatic carbocycles. The Kier molecular flexibility index (Phi) is 11.2. The van der Waals surface area contributed by atoms with Crippen LogP contribution in [-0.2, 0) is 22.6 Å². The minimum Gasteiger partial charge on any atom is -0.385 e. The fourth-order valence-corrected chi connectivity index (χ4v) is 3.55. The number of nitrogens with one attached hydrogen (secondary N) is 1. The highest BCUT2D eigenvalue weighted by Crippen LogP contribution is 2.14. The SMILES string of the molecule is CN=C(NCc1ccc(Cn2ccnc2)cc1)N1CCC(OCCCOC)CC1.I. The molecular formula is C22H34IN5O2. The van der Waals surface area contributed by atoms with Crippen LogP contribution in [0.4, 0.5) is 0 Å². The number of methoxy groups -OCH3 is 1. The van der Waals surface area contributed by atoms with Gasteiger partial charge in [-0.3, -0.25) is 4.99 Å². The Morgan fingerprint density at radius 2 is 1.90 bits per heavy atom. The summed E-state index contributed by atoms with van der Waals surface area (Å²) in [6.07, 6.45) is 9.01. The van der Waals surface area contributed by atoms with Crippen LogP contribution in [0.15, 0.2) is 48.0 Å². The van der Waals surface area contributed by atoms with Gasteiger partial charge in [0.1, 0.15) is 0 Å². The minimum absolute atomic E-state index is 0. The number of hydrogen-bond donors (Lipinski definition) is 1. The molecule has 1 saturated heterocycles. The first-order valence-corrected chi connectivity index (χ1v) is 10.4. The molecule has 1 N–H and O–H groups in total. The first-order chi connectivity index (χ1) is 14.3. The predicted octanol–water partition coefficient (Wildman–Crippen LogP) is 3.14. The van der Waals surface area contributed by atoms with Crippen LogP contribution in [-0.4, -0.2) is 67.0 Å². The molecule has 30 heavy (non-hydrogen) atoms. The summed E-state index contributed by atoms with van der Waals surface area (Å²) in [5.74, 6) is 0.963. The van der Waals surface area contributed by atoms with E-state index >= 15 is 0 Å². The normalized spacial score (nSPS) is 15.1. The Bertz CT molecular complexity index is 728. The van der Waals surface area contributed by atoms with E-state index in [2.05, 4.69) is 49.0 Å². The lowest BCUT2D eigenvalue weighted by Crippen LogP contribution is -2.46. The highest BCUT2D eigenvalue weighted by molar-refractivity contribution is 14.0. The minimum atomic E-state index is 0. The van der Waals surface area contributed by atoms with Gasteiger partial charge in [0.25, 0.3) is 0 Å². The fourth-order valence-electron chi connectivity index (χ4n) is 3.55. The second-order valence-corrected chi connectivity index (χ2v) is 7.36. The molecule has 0 saturated carbocycles. The van der Waals surface area contributed by atoms with E-state index in [0.29, 0.717) is 6.10 Å². The van der Waals surface area contributed by atoms with E-state index in [1.54, 1.807) is 13.3 Å². The highest BCUT2D eigenvalue weighted by atomic mass is 127. The summed E-state index contributed by atoms with van der Waals surface area (Å²) in [6.45, 7) is 5.10. The number of guanidine groups is 1. The second-order valence-electron chi connectivity index (χ2n) is 7.36. The Morgan fingerprint density at radius 3 is 2.53 bits per heavy atom. The van der Waals surface area contributed by atoms with Crippen LogP contribution in [0.1, 0.15) is 30.4 Å². The maximum Gasteiger partial charge on any atom is 0.193 e. The fraction of sp³-hybridized carbons (Fsp3) is 0.545. The molecule has 166 valence electrons. The van der Waals surface area contributed by atoms with E-state index in [1.165, 1.54) is 11.1 Å². The zero-order valence-electron chi connectivity index (χ0n) is 18.0. The molecule has 0 amide bonds. The maximum absolute atomic E-state index is 5.95. The van der Waals surface area contributed by atoms with Crippen molar-refractivity contribution in [3.63, 3.8) is 0 Å². The molecule has 3 rings (SSSR count). The number of nitrogens with zero attached hydrogens (tertiary/aromatic N) is 4. The average molecular weight is 527 g/mol. The number of imidazole rings is 1. The van der Waals surface area contributed by atoms with Gasteiger partial charge in [-0.15, -0.1) is 24.0 Å². The largest absolute Gasteiger partial charge is 0.385 e. The van der Waals surface area contributed by atoms with Gasteiger partial charge in [0.2, 0.25) is 0 Å². The molecule has 2 heterocycles. The van der Waals surface area contributed by atoms with E-state index in [1.807, 2.05) is 19.6 Å². The third-order valence-electron chi connectivity index (χ3n) is 5.20. The van der Waals surface area contributed by atoms with Crippen molar-refractivity contribution in [2.45, 2.75) is 38.5 Å². The summed E-state index contributed by atoms with van der Waals surface area (Å²) in [7, 11) is 3.58. The third-order valence-corrected chi connectivity index (χ3v) is 5.20. The van der Waals surface area contributed by atoms with Crippen molar-refractivity contribution in [1.82, 2.24) is 19.8 Å². The van der Waals surface area contributed by atoms with Gasteiger partial charge in [-0.1, -0.05) is 24.3 Å². The van der Waals surface area contributed by atoms with E-state index in [9.17, 15) is 0 Å². The number of likely N-dealkylation sites (tertiary alicyclic amines) is 1. The summed E-state index contributed by atoms with van der Waals surface area (Å²) in [5, 5.41) is 3.50. The molecule has 0 atom stereocenters. The van der Waals surface area contributed by atoms with Crippen molar-refractivity contribution in [2.75, 3.05) is 40.5 Å². The zero-order valence-corrected chi connectivity index (χ0v) is 20.3. The van der Waals surface area contributed by atoms with Crippen molar-refractivity contribution in [3.8, 4) is 0 Å². The van der Waals surface area contributed by atoms with Gasteiger partial charge in [-0.2, -0.15) is 0 Å². The molecule has 1 fully saturated rings. The third kappa shape index (κ3) is 7.88. The Labute approximate surface area is 196 Å². The lowest BCUT2D eigenvalue weighted by Gasteiger charge is -2.34. The predicted molar refractivity (Wildman–Crippen MR) is 130 cm³/mol. The first-order valence-electron chi connectivity index (χ1n) is 10.4. The topological polar surface area (TPSA) is 63.9 Å². The molecule has 1 aromatic heterocycles. The summed E-state index contributed by atoms with van der Waals surface area (Å²) in [5.41, 5.74) is 2.51. The number of aromatic nitrogens is 2. The number of ether oxygens (including phenoxy) is 2. The van der Waals surface area contributed by atoms with Crippen molar-refractivity contribution in [1.29, 1.82) is 0 Å². The van der Waals surface area contributed by atoms with E-state index < -0.39 is 0 Å². The monoisotopic (exact) mass is 527 g/mol. The lowest BCUT2D eigenvalue weighted by molar-refractivity contribution is 0.00989. The van der Waals surface area contributed by atoms with Gasteiger partial charge >= 0.3 is 0 Å². The molecule has 7 nitrogen and oxygen atoms in total.